The molecule has 1 fully saturated rings. The molecule has 3 aromatic carbocycles. The molecule has 1 N–H and O–H groups in total. The first kappa shape index (κ1) is 25.5. The highest BCUT2D eigenvalue weighted by Crippen LogP contribution is 2.35. The monoisotopic (exact) mass is 518 g/mol. The minimum Gasteiger partial charge on any atom is -0.493 e. The Morgan fingerprint density at radius 3 is 2.53 bits per heavy atom. The first-order valence-corrected chi connectivity index (χ1v) is 12.5. The fraction of sp³-hybridized carbons (Fsp3) is 0.179. The fourth-order valence-corrected chi connectivity index (χ4v) is 4.86. The van der Waals surface area contributed by atoms with Gasteiger partial charge in [0.1, 0.15) is 4.32 Å². The summed E-state index contributed by atoms with van der Waals surface area (Å²) in [7, 11) is 1.53. The van der Waals surface area contributed by atoms with Crippen LogP contribution in [-0.2, 0) is 16.1 Å². The number of benzene rings is 3. The zero-order chi connectivity index (χ0) is 25.7. The van der Waals surface area contributed by atoms with Crippen LogP contribution in [0.1, 0.15) is 22.3 Å². The quantitative estimate of drug-likeness (QED) is 0.303. The average molecular weight is 519 g/mol. The molecule has 0 atom stereocenters. The third-order valence-electron chi connectivity index (χ3n) is 5.69. The van der Waals surface area contributed by atoms with E-state index in [0.29, 0.717) is 27.3 Å². The Morgan fingerprint density at radius 2 is 1.81 bits per heavy atom. The Morgan fingerprint density at radius 1 is 1.03 bits per heavy atom. The summed E-state index contributed by atoms with van der Waals surface area (Å²) >= 11 is 6.72. The van der Waals surface area contributed by atoms with E-state index in [9.17, 15) is 9.59 Å². The number of nitrogens with one attached hydrogen (secondary N) is 1. The van der Waals surface area contributed by atoms with Crippen LogP contribution >= 0.6 is 24.0 Å². The highest BCUT2D eigenvalue weighted by atomic mass is 32.2. The Bertz CT molecular complexity index is 1340. The van der Waals surface area contributed by atoms with Gasteiger partial charge in [0.15, 0.2) is 18.1 Å². The van der Waals surface area contributed by atoms with Gasteiger partial charge >= 0.3 is 0 Å². The van der Waals surface area contributed by atoms with E-state index < -0.39 is 0 Å². The molecule has 0 aliphatic carbocycles. The van der Waals surface area contributed by atoms with Gasteiger partial charge in [-0.1, -0.05) is 66.4 Å². The van der Waals surface area contributed by atoms with E-state index in [4.69, 9.17) is 21.7 Å². The van der Waals surface area contributed by atoms with Gasteiger partial charge < -0.3 is 14.8 Å². The summed E-state index contributed by atoms with van der Waals surface area (Å²) in [6, 6.07) is 20.8. The summed E-state index contributed by atoms with van der Waals surface area (Å²) in [5.41, 5.74) is 4.76. The van der Waals surface area contributed by atoms with Crippen LogP contribution in [0, 0.1) is 13.8 Å². The number of thioether (sulfide) groups is 1. The summed E-state index contributed by atoms with van der Waals surface area (Å²) in [5.74, 6) is 0.492. The molecule has 0 spiro atoms. The van der Waals surface area contributed by atoms with Crippen LogP contribution in [-0.4, -0.2) is 34.8 Å². The average Bonchev–Trinajstić information content (AvgIpc) is 3.13. The summed E-state index contributed by atoms with van der Waals surface area (Å²) in [6.45, 7) is 4.28. The van der Waals surface area contributed by atoms with Gasteiger partial charge in [-0.15, -0.1) is 0 Å². The van der Waals surface area contributed by atoms with E-state index >= 15 is 0 Å². The molecular formula is C28H26N2O4S2. The summed E-state index contributed by atoms with van der Waals surface area (Å²) in [4.78, 5) is 27.5. The number of rotatable bonds is 8. The zero-order valence-electron chi connectivity index (χ0n) is 20.2. The normalized spacial score (nSPS) is 14.3. The van der Waals surface area contributed by atoms with Crippen molar-refractivity contribution in [3.63, 3.8) is 0 Å². The molecule has 1 saturated heterocycles. The molecule has 1 aliphatic rings. The van der Waals surface area contributed by atoms with Crippen molar-refractivity contribution in [2.24, 2.45) is 0 Å². The predicted molar refractivity (Wildman–Crippen MR) is 148 cm³/mol. The first-order valence-electron chi connectivity index (χ1n) is 11.3. The van der Waals surface area contributed by atoms with Crippen LogP contribution in [0.2, 0.25) is 0 Å². The molecule has 1 heterocycles. The van der Waals surface area contributed by atoms with Crippen molar-refractivity contribution >= 4 is 51.9 Å². The van der Waals surface area contributed by atoms with Crippen molar-refractivity contribution in [3.8, 4) is 11.5 Å². The van der Waals surface area contributed by atoms with E-state index in [-0.39, 0.29) is 18.4 Å². The topological polar surface area (TPSA) is 67.9 Å². The second-order valence-electron chi connectivity index (χ2n) is 8.30. The highest BCUT2D eigenvalue weighted by molar-refractivity contribution is 8.26. The Kier molecular flexibility index (Phi) is 8.07. The molecule has 4 rings (SSSR count). The molecule has 36 heavy (non-hydrogen) atoms. The third-order valence-corrected chi connectivity index (χ3v) is 7.07. The van der Waals surface area contributed by atoms with E-state index in [1.165, 1.54) is 18.9 Å². The SMILES string of the molecule is COc1cc(/C=C2\SC(=S)N(Cc3ccccc3)C2=O)ccc1OCC(=O)Nc1ccc(C)c(C)c1. The van der Waals surface area contributed by atoms with Crippen LogP contribution in [0.25, 0.3) is 6.08 Å². The molecule has 0 saturated carbocycles. The molecule has 2 amide bonds. The van der Waals surface area contributed by atoms with Crippen molar-refractivity contribution in [1.82, 2.24) is 4.90 Å². The molecule has 0 bridgehead atoms. The minimum atomic E-state index is -0.272. The molecule has 1 aliphatic heterocycles. The van der Waals surface area contributed by atoms with Crippen molar-refractivity contribution in [2.75, 3.05) is 19.0 Å². The van der Waals surface area contributed by atoms with Gasteiger partial charge in [-0.05, 0) is 66.4 Å². The molecule has 184 valence electrons. The van der Waals surface area contributed by atoms with E-state index in [1.54, 1.807) is 23.1 Å². The lowest BCUT2D eigenvalue weighted by Crippen LogP contribution is -2.27. The van der Waals surface area contributed by atoms with Crippen LogP contribution in [0.4, 0.5) is 5.69 Å². The number of nitrogens with zero attached hydrogens (tertiary/aromatic N) is 1. The number of hydrogen-bond acceptors (Lipinski definition) is 6. The number of aryl methyl sites for hydroxylation is 2. The number of amides is 2. The fourth-order valence-electron chi connectivity index (χ4n) is 3.61. The maximum absolute atomic E-state index is 13.0. The van der Waals surface area contributed by atoms with Gasteiger partial charge in [0.2, 0.25) is 0 Å². The largest absolute Gasteiger partial charge is 0.493 e. The van der Waals surface area contributed by atoms with Crippen LogP contribution in [0.5, 0.6) is 11.5 Å². The zero-order valence-corrected chi connectivity index (χ0v) is 21.9. The number of carbonyl (C=O) groups excluding carboxylic acids is 2. The minimum absolute atomic E-state index is 0.129. The van der Waals surface area contributed by atoms with Gasteiger partial charge in [0, 0.05) is 5.69 Å². The van der Waals surface area contributed by atoms with Gasteiger partial charge in [0.25, 0.3) is 11.8 Å². The Balaban J connectivity index is 1.41. The number of hydrogen-bond donors (Lipinski definition) is 1. The summed E-state index contributed by atoms with van der Waals surface area (Å²) in [6.07, 6.45) is 1.78. The Hall–Kier alpha value is -3.62. The maximum atomic E-state index is 13.0. The predicted octanol–water partition coefficient (Wildman–Crippen LogP) is 5.73. The highest BCUT2D eigenvalue weighted by Gasteiger charge is 2.32. The molecule has 0 aromatic heterocycles. The maximum Gasteiger partial charge on any atom is 0.266 e. The first-order chi connectivity index (χ1) is 17.3. The second kappa shape index (κ2) is 11.4. The van der Waals surface area contributed by atoms with Crippen molar-refractivity contribution in [1.29, 1.82) is 0 Å². The smallest absolute Gasteiger partial charge is 0.266 e. The standard InChI is InChI=1S/C28H26N2O4S2/c1-18-9-11-22(13-19(18)2)29-26(31)17-34-23-12-10-21(14-24(23)33-3)15-25-27(32)30(28(35)36-25)16-20-7-5-4-6-8-20/h4-15H,16-17H2,1-3H3,(H,29,31)/b25-15-. The molecular weight excluding hydrogens is 492 g/mol. The van der Waals surface area contributed by atoms with Gasteiger partial charge in [-0.25, -0.2) is 0 Å². The molecule has 8 heteroatoms. The van der Waals surface area contributed by atoms with Crippen LogP contribution < -0.4 is 14.8 Å². The van der Waals surface area contributed by atoms with Gasteiger partial charge in [-0.2, -0.15) is 0 Å². The lowest BCUT2D eigenvalue weighted by Gasteiger charge is -2.14. The third kappa shape index (κ3) is 6.13. The summed E-state index contributed by atoms with van der Waals surface area (Å²) < 4.78 is 11.7. The molecule has 0 unspecified atom stereocenters. The molecule has 3 aromatic rings. The number of thiocarbonyl (C=S) groups is 1. The van der Waals surface area contributed by atoms with Gasteiger partial charge in [0.05, 0.1) is 18.6 Å². The summed E-state index contributed by atoms with van der Waals surface area (Å²) in [5, 5.41) is 2.84. The second-order valence-corrected chi connectivity index (χ2v) is 9.98. The Labute approximate surface area is 220 Å². The molecule has 0 radical (unpaired) electrons. The number of anilines is 1. The van der Waals surface area contributed by atoms with E-state index in [2.05, 4.69) is 5.32 Å². The van der Waals surface area contributed by atoms with Gasteiger partial charge in [-0.3, -0.25) is 14.5 Å². The van der Waals surface area contributed by atoms with Crippen LogP contribution in [0.3, 0.4) is 0 Å². The number of methoxy groups -OCH3 is 1. The van der Waals surface area contributed by atoms with Crippen LogP contribution in [0.15, 0.2) is 71.6 Å². The molecule has 6 nitrogen and oxygen atoms in total. The van der Waals surface area contributed by atoms with Crippen molar-refractivity contribution < 1.29 is 19.1 Å². The lowest BCUT2D eigenvalue weighted by atomic mass is 10.1. The van der Waals surface area contributed by atoms with Crippen molar-refractivity contribution in [2.45, 2.75) is 20.4 Å². The lowest BCUT2D eigenvalue weighted by molar-refractivity contribution is -0.122. The van der Waals surface area contributed by atoms with E-state index in [0.717, 1.165) is 27.9 Å². The van der Waals surface area contributed by atoms with E-state index in [1.807, 2.05) is 68.4 Å². The number of carbonyl (C=O) groups is 2. The van der Waals surface area contributed by atoms with Crippen molar-refractivity contribution in [3.05, 3.63) is 93.9 Å². The number of ether oxygens (including phenoxy) is 2.